The highest BCUT2D eigenvalue weighted by molar-refractivity contribution is 6.18. The number of hydrogen-bond acceptors (Lipinski definition) is 5. The van der Waals surface area contributed by atoms with Crippen LogP contribution in [0.4, 0.5) is 16.0 Å². The maximum Gasteiger partial charge on any atom is 0.341 e. The fourth-order valence-electron chi connectivity index (χ4n) is 4.79. The molecular formula is C29H22FN4O2+. The maximum atomic E-state index is 14.5. The maximum absolute atomic E-state index is 14.5. The van der Waals surface area contributed by atoms with Crippen molar-refractivity contribution in [3.8, 4) is 11.1 Å². The van der Waals surface area contributed by atoms with Gasteiger partial charge in [0.25, 0.3) is 0 Å². The highest BCUT2D eigenvalue weighted by Crippen LogP contribution is 2.36. The largest absolute Gasteiger partial charge is 0.456 e. The second-order valence-electron chi connectivity index (χ2n) is 8.69. The molecule has 0 amide bonds. The van der Waals surface area contributed by atoms with E-state index in [9.17, 15) is 9.18 Å². The molecule has 0 saturated heterocycles. The molecule has 2 aromatic heterocycles. The third kappa shape index (κ3) is 3.48. The molecule has 2 N–H and O–H groups in total. The van der Waals surface area contributed by atoms with Gasteiger partial charge in [0.2, 0.25) is 11.8 Å². The van der Waals surface area contributed by atoms with Crippen molar-refractivity contribution in [2.24, 2.45) is 0 Å². The Morgan fingerprint density at radius 2 is 1.72 bits per heavy atom. The second-order valence-corrected chi connectivity index (χ2v) is 8.69. The smallest absolute Gasteiger partial charge is 0.341 e. The number of hydrogen-bond donors (Lipinski definition) is 1. The Morgan fingerprint density at radius 1 is 0.944 bits per heavy atom. The van der Waals surface area contributed by atoms with Gasteiger partial charge in [-0.15, -0.1) is 0 Å². The molecule has 0 bridgehead atoms. The van der Waals surface area contributed by atoms with Crippen molar-refractivity contribution in [3.05, 3.63) is 118 Å². The number of nitrogens with two attached hydrogens (primary N) is 1. The van der Waals surface area contributed by atoms with Gasteiger partial charge in [-0.25, -0.2) is 8.97 Å². The summed E-state index contributed by atoms with van der Waals surface area (Å²) in [6.45, 7) is 2.18. The highest BCUT2D eigenvalue weighted by atomic mass is 19.1. The predicted molar refractivity (Wildman–Crippen MR) is 137 cm³/mol. The van der Waals surface area contributed by atoms with E-state index in [4.69, 9.17) is 10.2 Å². The van der Waals surface area contributed by atoms with E-state index in [0.717, 1.165) is 11.1 Å². The van der Waals surface area contributed by atoms with Gasteiger partial charge in [-0.05, 0) is 52.9 Å². The first-order chi connectivity index (χ1) is 17.5. The van der Waals surface area contributed by atoms with E-state index >= 15 is 0 Å². The van der Waals surface area contributed by atoms with Crippen molar-refractivity contribution in [1.29, 1.82) is 0 Å². The lowest BCUT2D eigenvalue weighted by Crippen LogP contribution is -2.33. The minimum atomic E-state index is -0.331. The van der Waals surface area contributed by atoms with Gasteiger partial charge in [0.05, 0.1) is 10.9 Å². The number of para-hydroxylation sites is 1. The third-order valence-corrected chi connectivity index (χ3v) is 6.49. The topological polar surface area (TPSA) is 85.0 Å². The molecule has 6 nitrogen and oxygen atoms in total. The Labute approximate surface area is 206 Å². The van der Waals surface area contributed by atoms with Gasteiger partial charge in [-0.2, -0.15) is 4.98 Å². The lowest BCUT2D eigenvalue weighted by atomic mass is 9.94. The zero-order chi connectivity index (χ0) is 24.8. The van der Waals surface area contributed by atoms with Crippen LogP contribution in [-0.2, 0) is 13.0 Å². The van der Waals surface area contributed by atoms with E-state index in [1.807, 2.05) is 60.0 Å². The van der Waals surface area contributed by atoms with Crippen molar-refractivity contribution in [2.45, 2.75) is 19.9 Å². The summed E-state index contributed by atoms with van der Waals surface area (Å²) in [6, 6.07) is 21.6. The van der Waals surface area contributed by atoms with Gasteiger partial charge in [0, 0.05) is 5.56 Å². The Kier molecular flexibility index (Phi) is 5.18. The zero-order valence-electron chi connectivity index (χ0n) is 19.5. The van der Waals surface area contributed by atoms with Crippen LogP contribution < -0.4 is 11.2 Å². The zero-order valence-corrected chi connectivity index (χ0v) is 19.5. The fraction of sp³-hybridized carbons (Fsp3) is 0.103. The van der Waals surface area contributed by atoms with Crippen molar-refractivity contribution in [2.75, 3.05) is 5.73 Å². The minimum absolute atomic E-state index is 0.110. The SMILES string of the molecule is CCc1cc(F)cc(C2=[N+](Cc3oc4ccccc4c(=O)c3-c3ccccc3)c3ncnc(N)c32)c1. The predicted octanol–water partition coefficient (Wildman–Crippen LogP) is 5.23. The van der Waals surface area contributed by atoms with E-state index in [0.29, 0.717) is 57.2 Å². The molecule has 0 fully saturated rings. The summed E-state index contributed by atoms with van der Waals surface area (Å²) in [6.07, 6.45) is 2.08. The average Bonchev–Trinajstić information content (AvgIpc) is 2.88. The molecule has 0 radical (unpaired) electrons. The van der Waals surface area contributed by atoms with Crippen LogP contribution in [0.3, 0.4) is 0 Å². The standard InChI is InChI=1S/C29H21FN4O2/c1-2-17-12-19(14-20(30)13-17)26-25-28(31)32-16-33-29(25)34(26)15-23-24(18-8-4-3-5-9-18)27(35)21-10-6-7-11-22(21)36-23/h3-14,16,31H,2,15H2,1H3/p+1. The lowest BCUT2D eigenvalue weighted by molar-refractivity contribution is -0.475. The minimum Gasteiger partial charge on any atom is -0.456 e. The van der Waals surface area contributed by atoms with Crippen LogP contribution in [0.1, 0.15) is 29.4 Å². The third-order valence-electron chi connectivity index (χ3n) is 6.49. The number of aryl methyl sites for hydroxylation is 1. The van der Waals surface area contributed by atoms with Crippen LogP contribution in [0.2, 0.25) is 0 Å². The van der Waals surface area contributed by atoms with Gasteiger partial charge in [0.15, 0.2) is 17.0 Å². The Bertz CT molecular complexity index is 1740. The molecule has 0 saturated carbocycles. The number of halogens is 1. The number of rotatable bonds is 5. The summed E-state index contributed by atoms with van der Waals surface area (Å²) in [5, 5.41) is 0.512. The summed E-state index contributed by atoms with van der Waals surface area (Å²) in [4.78, 5) is 22.2. The second kappa shape index (κ2) is 8.53. The Morgan fingerprint density at radius 3 is 2.53 bits per heavy atom. The molecule has 0 unspecified atom stereocenters. The van der Waals surface area contributed by atoms with E-state index in [1.54, 1.807) is 12.1 Å². The summed E-state index contributed by atoms with van der Waals surface area (Å²) in [7, 11) is 0. The van der Waals surface area contributed by atoms with Crippen LogP contribution in [0.15, 0.2) is 88.3 Å². The quantitative estimate of drug-likeness (QED) is 0.351. The monoisotopic (exact) mass is 477 g/mol. The Hall–Kier alpha value is -4.65. The van der Waals surface area contributed by atoms with Gasteiger partial charge < -0.3 is 10.2 Å². The Balaban J connectivity index is 1.60. The number of anilines is 1. The molecule has 5 aromatic rings. The summed E-state index contributed by atoms with van der Waals surface area (Å²) < 4.78 is 22.8. The molecule has 0 spiro atoms. The molecule has 0 atom stereocenters. The molecule has 3 heterocycles. The first-order valence-electron chi connectivity index (χ1n) is 11.7. The summed E-state index contributed by atoms with van der Waals surface area (Å²) in [5.74, 6) is 1.08. The lowest BCUT2D eigenvalue weighted by Gasteiger charge is -2.23. The van der Waals surface area contributed by atoms with Crippen molar-refractivity contribution in [3.63, 3.8) is 0 Å². The van der Waals surface area contributed by atoms with Crippen LogP contribution in [0, 0.1) is 5.82 Å². The van der Waals surface area contributed by atoms with E-state index in [-0.39, 0.29) is 17.8 Å². The van der Waals surface area contributed by atoms with Crippen LogP contribution in [0.25, 0.3) is 22.1 Å². The van der Waals surface area contributed by atoms with Crippen LogP contribution >= 0.6 is 0 Å². The first kappa shape index (κ1) is 21.9. The molecule has 7 heteroatoms. The van der Waals surface area contributed by atoms with Gasteiger partial charge in [0.1, 0.15) is 23.8 Å². The summed E-state index contributed by atoms with van der Waals surface area (Å²) in [5.41, 5.74) is 10.8. The molecule has 1 aliphatic heterocycles. The van der Waals surface area contributed by atoms with Gasteiger partial charge in [-0.3, -0.25) is 4.79 Å². The van der Waals surface area contributed by atoms with E-state index in [2.05, 4.69) is 9.97 Å². The molecule has 36 heavy (non-hydrogen) atoms. The van der Waals surface area contributed by atoms with Gasteiger partial charge >= 0.3 is 5.82 Å². The molecule has 1 aliphatic rings. The van der Waals surface area contributed by atoms with E-state index in [1.165, 1.54) is 18.5 Å². The number of fused-ring (bicyclic) bond motifs is 2. The van der Waals surface area contributed by atoms with E-state index < -0.39 is 0 Å². The van der Waals surface area contributed by atoms with Crippen molar-refractivity contribution < 1.29 is 13.4 Å². The fourth-order valence-corrected chi connectivity index (χ4v) is 4.79. The first-order valence-corrected chi connectivity index (χ1v) is 11.7. The molecular weight excluding hydrogens is 455 g/mol. The molecule has 3 aromatic carbocycles. The van der Waals surface area contributed by atoms with Gasteiger partial charge in [-0.1, -0.05) is 49.4 Å². The number of benzene rings is 3. The average molecular weight is 478 g/mol. The molecule has 0 aliphatic carbocycles. The number of aromatic nitrogens is 2. The normalized spacial score (nSPS) is 12.5. The van der Waals surface area contributed by atoms with Crippen LogP contribution in [0.5, 0.6) is 0 Å². The van der Waals surface area contributed by atoms with Crippen molar-refractivity contribution in [1.82, 2.24) is 9.97 Å². The summed E-state index contributed by atoms with van der Waals surface area (Å²) >= 11 is 0. The highest BCUT2D eigenvalue weighted by Gasteiger charge is 2.40. The number of nitrogen functional groups attached to an aromatic ring is 1. The molecule has 6 rings (SSSR count). The molecule has 176 valence electrons. The number of nitrogens with zero attached hydrogens (tertiary/aromatic N) is 3. The van der Waals surface area contributed by atoms with Crippen molar-refractivity contribution >= 4 is 28.3 Å². The van der Waals surface area contributed by atoms with Crippen LogP contribution in [-0.4, -0.2) is 20.3 Å².